The average Bonchev–Trinajstić information content (AvgIpc) is 2.63. The number of rotatable bonds is 5. The minimum Gasteiger partial charge on any atom is -0.454 e. The number of nitrogens with zero attached hydrogens (tertiary/aromatic N) is 1. The second-order valence-electron chi connectivity index (χ2n) is 6.17. The lowest BCUT2D eigenvalue weighted by atomic mass is 9.98. The van der Waals surface area contributed by atoms with Crippen molar-refractivity contribution in [1.29, 1.82) is 0 Å². The van der Waals surface area contributed by atoms with E-state index in [0.717, 1.165) is 25.7 Å². The van der Waals surface area contributed by atoms with E-state index >= 15 is 0 Å². The van der Waals surface area contributed by atoms with Gasteiger partial charge in [-0.1, -0.05) is 36.8 Å². The molecule has 1 fully saturated rings. The van der Waals surface area contributed by atoms with E-state index < -0.39 is 0 Å². The van der Waals surface area contributed by atoms with Crippen LogP contribution in [0, 0.1) is 0 Å². The van der Waals surface area contributed by atoms with Gasteiger partial charge in [-0.3, -0.25) is 4.79 Å². The smallest absolute Gasteiger partial charge is 0.403 e. The Kier molecular flexibility index (Phi) is 5.36. The van der Waals surface area contributed by atoms with Gasteiger partial charge in [0.2, 0.25) is 12.3 Å². The lowest BCUT2D eigenvalue weighted by Crippen LogP contribution is -2.44. The summed E-state index contributed by atoms with van der Waals surface area (Å²) in [5.74, 6) is -0.373. The Bertz CT molecular complexity index is 706. The largest absolute Gasteiger partial charge is 0.454 e. The lowest BCUT2D eigenvalue weighted by Gasteiger charge is -2.21. The van der Waals surface area contributed by atoms with Crippen LogP contribution in [0.25, 0.3) is 0 Å². The van der Waals surface area contributed by atoms with Crippen LogP contribution in [0.15, 0.2) is 54.7 Å². The number of ether oxygens (including phenoxy) is 1. The zero-order chi connectivity index (χ0) is 16.8. The molecule has 2 aromatic rings. The molecule has 1 heterocycles. The Labute approximate surface area is 142 Å². The molecular formula is C20H22NO3+. The number of ketones is 1. The molecule has 0 aliphatic heterocycles. The second-order valence-corrected chi connectivity index (χ2v) is 6.17. The van der Waals surface area contributed by atoms with E-state index in [1.807, 2.05) is 24.3 Å². The average molecular weight is 324 g/mol. The predicted octanol–water partition coefficient (Wildman–Crippen LogP) is 3.35. The van der Waals surface area contributed by atoms with Gasteiger partial charge in [0.1, 0.15) is 6.10 Å². The molecule has 0 radical (unpaired) electrons. The Balaban J connectivity index is 1.72. The highest BCUT2D eigenvalue weighted by molar-refractivity contribution is 5.95. The van der Waals surface area contributed by atoms with Crippen molar-refractivity contribution in [1.82, 2.24) is 0 Å². The highest BCUT2D eigenvalue weighted by atomic mass is 16.5. The molecule has 1 aromatic heterocycles. The summed E-state index contributed by atoms with van der Waals surface area (Å²) in [4.78, 5) is 24.9. The summed E-state index contributed by atoms with van der Waals surface area (Å²) in [6, 6.07) is 14.4. The van der Waals surface area contributed by atoms with Crippen molar-refractivity contribution in [3.63, 3.8) is 0 Å². The number of hydrogen-bond donors (Lipinski definition) is 0. The van der Waals surface area contributed by atoms with Crippen molar-refractivity contribution in [2.24, 2.45) is 0 Å². The molecule has 0 bridgehead atoms. The van der Waals surface area contributed by atoms with Crippen LogP contribution in [0.5, 0.6) is 0 Å². The number of benzene rings is 1. The van der Waals surface area contributed by atoms with Gasteiger partial charge in [0, 0.05) is 17.7 Å². The molecule has 1 aliphatic carbocycles. The van der Waals surface area contributed by atoms with Crippen molar-refractivity contribution in [3.8, 4) is 0 Å². The molecule has 0 saturated heterocycles. The molecule has 0 atom stereocenters. The van der Waals surface area contributed by atoms with Gasteiger partial charge in [-0.25, -0.2) is 4.79 Å². The molecular weight excluding hydrogens is 302 g/mol. The fourth-order valence-corrected chi connectivity index (χ4v) is 3.06. The van der Waals surface area contributed by atoms with E-state index in [9.17, 15) is 9.59 Å². The standard InChI is InChI=1S/C20H22NO3/c22-19(16-9-3-1-4-10-16)15-21-14-8-7-13-18(21)20(23)24-17-11-5-2-6-12-17/h1,3-4,7-10,13-14,17H,2,5-6,11-12,15H2/q+1. The van der Waals surface area contributed by atoms with E-state index in [4.69, 9.17) is 4.74 Å². The van der Waals surface area contributed by atoms with Crippen LogP contribution in [-0.2, 0) is 11.3 Å². The molecule has 0 spiro atoms. The van der Waals surface area contributed by atoms with Gasteiger partial charge in [-0.15, -0.1) is 0 Å². The number of aromatic nitrogens is 1. The van der Waals surface area contributed by atoms with Crippen LogP contribution < -0.4 is 4.57 Å². The number of pyridine rings is 1. The zero-order valence-corrected chi connectivity index (χ0v) is 13.7. The molecule has 0 unspecified atom stereocenters. The first-order valence-corrected chi connectivity index (χ1v) is 8.52. The third-order valence-electron chi connectivity index (χ3n) is 4.39. The SMILES string of the molecule is O=C(C[n+]1ccccc1C(=O)OC1CCCCC1)c1ccccc1. The van der Waals surface area contributed by atoms with Gasteiger partial charge in [-0.2, -0.15) is 4.57 Å². The van der Waals surface area contributed by atoms with Crippen molar-refractivity contribution < 1.29 is 18.9 Å². The summed E-state index contributed by atoms with van der Waals surface area (Å²) in [7, 11) is 0. The van der Waals surface area contributed by atoms with E-state index in [0.29, 0.717) is 11.3 Å². The van der Waals surface area contributed by atoms with Crippen LogP contribution in [0.1, 0.15) is 53.0 Å². The summed E-state index contributed by atoms with van der Waals surface area (Å²) in [5, 5.41) is 0. The number of carbonyl (C=O) groups is 2. The predicted molar refractivity (Wildman–Crippen MR) is 89.7 cm³/mol. The Morgan fingerprint density at radius 1 is 0.958 bits per heavy atom. The number of esters is 1. The van der Waals surface area contributed by atoms with Crippen LogP contribution in [0.3, 0.4) is 0 Å². The molecule has 0 N–H and O–H groups in total. The first-order chi connectivity index (χ1) is 11.7. The maximum Gasteiger partial charge on any atom is 0.403 e. The summed E-state index contributed by atoms with van der Waals surface area (Å²) in [5.41, 5.74) is 1.06. The third-order valence-corrected chi connectivity index (χ3v) is 4.39. The van der Waals surface area contributed by atoms with Gasteiger partial charge < -0.3 is 4.74 Å². The molecule has 4 heteroatoms. The van der Waals surface area contributed by atoms with Crippen molar-refractivity contribution in [2.75, 3.05) is 0 Å². The van der Waals surface area contributed by atoms with Crippen molar-refractivity contribution in [3.05, 3.63) is 66.0 Å². The highest BCUT2D eigenvalue weighted by Crippen LogP contribution is 2.21. The van der Waals surface area contributed by atoms with Gasteiger partial charge in [0.05, 0.1) is 0 Å². The first kappa shape index (κ1) is 16.4. The van der Waals surface area contributed by atoms with E-state index in [-0.39, 0.29) is 24.4 Å². The van der Waals surface area contributed by atoms with Gasteiger partial charge >= 0.3 is 5.97 Å². The monoisotopic (exact) mass is 324 g/mol. The van der Waals surface area contributed by atoms with E-state index in [1.165, 1.54) is 6.42 Å². The topological polar surface area (TPSA) is 47.2 Å². The van der Waals surface area contributed by atoms with Crippen LogP contribution >= 0.6 is 0 Å². The number of Topliss-reactive ketones (excluding diaryl/α,β-unsaturated/α-hetero) is 1. The van der Waals surface area contributed by atoms with Gasteiger partial charge in [0.15, 0.2) is 6.20 Å². The number of carbonyl (C=O) groups excluding carboxylic acids is 2. The third kappa shape index (κ3) is 4.07. The van der Waals surface area contributed by atoms with E-state index in [1.54, 1.807) is 35.0 Å². The molecule has 1 saturated carbocycles. The van der Waals surface area contributed by atoms with E-state index in [2.05, 4.69) is 0 Å². The fourth-order valence-electron chi connectivity index (χ4n) is 3.06. The highest BCUT2D eigenvalue weighted by Gasteiger charge is 2.26. The molecule has 124 valence electrons. The summed E-state index contributed by atoms with van der Waals surface area (Å²) >= 11 is 0. The quantitative estimate of drug-likeness (QED) is 0.481. The van der Waals surface area contributed by atoms with Crippen molar-refractivity contribution >= 4 is 11.8 Å². The molecule has 3 rings (SSSR count). The maximum atomic E-state index is 12.5. The molecule has 1 aromatic carbocycles. The fraction of sp³-hybridized carbons (Fsp3) is 0.350. The molecule has 1 aliphatic rings. The minimum atomic E-state index is -0.344. The lowest BCUT2D eigenvalue weighted by molar-refractivity contribution is -0.685. The molecule has 4 nitrogen and oxygen atoms in total. The Morgan fingerprint density at radius 3 is 2.42 bits per heavy atom. The molecule has 24 heavy (non-hydrogen) atoms. The normalized spacial score (nSPS) is 15.0. The van der Waals surface area contributed by atoms with Gasteiger partial charge in [-0.05, 0) is 31.7 Å². The summed E-state index contributed by atoms with van der Waals surface area (Å²) in [6.07, 6.45) is 7.05. The minimum absolute atomic E-state index is 0.00438. The van der Waals surface area contributed by atoms with Crippen LogP contribution in [-0.4, -0.2) is 17.9 Å². The summed E-state index contributed by atoms with van der Waals surface area (Å²) in [6.45, 7) is 0.125. The van der Waals surface area contributed by atoms with Crippen LogP contribution in [0.2, 0.25) is 0 Å². The van der Waals surface area contributed by atoms with Crippen LogP contribution in [0.4, 0.5) is 0 Å². The molecule has 0 amide bonds. The maximum absolute atomic E-state index is 12.5. The van der Waals surface area contributed by atoms with Crippen molar-refractivity contribution in [2.45, 2.75) is 44.8 Å². The Morgan fingerprint density at radius 2 is 1.67 bits per heavy atom. The number of hydrogen-bond acceptors (Lipinski definition) is 3. The Hall–Kier alpha value is -2.49. The summed E-state index contributed by atoms with van der Waals surface area (Å²) < 4.78 is 7.30. The van der Waals surface area contributed by atoms with Gasteiger partial charge in [0.25, 0.3) is 5.69 Å². The zero-order valence-electron chi connectivity index (χ0n) is 13.7. The first-order valence-electron chi connectivity index (χ1n) is 8.52. The second kappa shape index (κ2) is 7.86.